The van der Waals surface area contributed by atoms with Gasteiger partial charge in [0.05, 0.1) is 12.2 Å². The largest absolute Gasteiger partial charge is 0.319 e. The number of hydrogen-bond acceptors (Lipinski definition) is 3. The van der Waals surface area contributed by atoms with E-state index in [-0.39, 0.29) is 30.1 Å². The van der Waals surface area contributed by atoms with Crippen molar-refractivity contribution in [1.82, 2.24) is 10.6 Å². The van der Waals surface area contributed by atoms with Crippen molar-refractivity contribution in [3.8, 4) is 0 Å². The van der Waals surface area contributed by atoms with E-state index in [2.05, 4.69) is 28.9 Å². The summed E-state index contributed by atoms with van der Waals surface area (Å²) in [5, 5.41) is 5.77. The van der Waals surface area contributed by atoms with Crippen molar-refractivity contribution in [2.75, 3.05) is 6.54 Å². The molecule has 0 spiro atoms. The Hall–Kier alpha value is -4.16. The number of nitrogens with one attached hydrogen (secondary N) is 2. The molecule has 3 aromatic carbocycles. The zero-order valence-corrected chi connectivity index (χ0v) is 21.2. The van der Waals surface area contributed by atoms with E-state index in [1.54, 1.807) is 30.3 Å². The van der Waals surface area contributed by atoms with E-state index in [1.807, 2.05) is 42.5 Å². The van der Waals surface area contributed by atoms with Crippen molar-refractivity contribution in [3.05, 3.63) is 131 Å². The molecule has 0 bridgehead atoms. The number of amides is 1. The lowest BCUT2D eigenvalue weighted by atomic mass is 9.98. The van der Waals surface area contributed by atoms with E-state index >= 15 is 0 Å². The van der Waals surface area contributed by atoms with Crippen LogP contribution in [-0.2, 0) is 17.3 Å². The predicted octanol–water partition coefficient (Wildman–Crippen LogP) is 6.66. The van der Waals surface area contributed by atoms with Gasteiger partial charge in [-0.15, -0.1) is 0 Å². The van der Waals surface area contributed by atoms with Gasteiger partial charge in [0.25, 0.3) is 11.8 Å². The molecule has 0 aliphatic heterocycles. The van der Waals surface area contributed by atoms with Crippen molar-refractivity contribution < 1.29 is 18.4 Å². The van der Waals surface area contributed by atoms with Gasteiger partial charge in [-0.2, -0.15) is 0 Å². The summed E-state index contributed by atoms with van der Waals surface area (Å²) in [4.78, 5) is 26.2. The van der Waals surface area contributed by atoms with E-state index in [0.29, 0.717) is 11.1 Å². The number of hydrogen-bond donors (Lipinski definition) is 2. The van der Waals surface area contributed by atoms with Gasteiger partial charge in [0, 0.05) is 24.6 Å². The van der Waals surface area contributed by atoms with Crippen molar-refractivity contribution in [2.45, 2.75) is 32.2 Å². The minimum Gasteiger partial charge on any atom is -0.319 e. The third-order valence-electron chi connectivity index (χ3n) is 6.18. The van der Waals surface area contributed by atoms with Gasteiger partial charge in [0.2, 0.25) is 0 Å². The molecule has 38 heavy (non-hydrogen) atoms. The number of halogens is 2. The van der Waals surface area contributed by atoms with Gasteiger partial charge >= 0.3 is 0 Å². The SMILES string of the molecule is CC(F)(F)c1cccc(CNCC(=O)/C(=C\c2ccccc2)NC(=O)c2ccc(C3=CCCC=C3)cc2)c1. The highest BCUT2D eigenvalue weighted by molar-refractivity contribution is 6.07. The lowest BCUT2D eigenvalue weighted by Crippen LogP contribution is -2.32. The van der Waals surface area contributed by atoms with E-state index in [1.165, 1.54) is 12.1 Å². The van der Waals surface area contributed by atoms with Crippen LogP contribution in [-0.4, -0.2) is 18.2 Å². The molecule has 1 aliphatic carbocycles. The van der Waals surface area contributed by atoms with Gasteiger partial charge in [-0.1, -0.05) is 78.9 Å². The fourth-order valence-electron chi connectivity index (χ4n) is 4.11. The van der Waals surface area contributed by atoms with Crippen LogP contribution in [0.5, 0.6) is 0 Å². The molecule has 0 heterocycles. The molecule has 0 aromatic heterocycles. The highest BCUT2D eigenvalue weighted by Gasteiger charge is 2.24. The zero-order chi connectivity index (χ0) is 27.0. The molecular formula is C32H30F2N2O2. The second kappa shape index (κ2) is 12.4. The Balaban J connectivity index is 1.45. The molecular weight excluding hydrogens is 482 g/mol. The monoisotopic (exact) mass is 512 g/mol. The van der Waals surface area contributed by atoms with Crippen LogP contribution in [0, 0.1) is 0 Å². The Bertz CT molecular complexity index is 1370. The summed E-state index contributed by atoms with van der Waals surface area (Å²) < 4.78 is 27.3. The second-order valence-corrected chi connectivity index (χ2v) is 9.25. The molecule has 0 saturated carbocycles. The summed E-state index contributed by atoms with van der Waals surface area (Å²) in [6.07, 6.45) is 10.0. The molecule has 1 aliphatic rings. The molecule has 4 rings (SSSR count). The summed E-state index contributed by atoms with van der Waals surface area (Å²) in [6.45, 7) is 1.00. The van der Waals surface area contributed by atoms with E-state index in [4.69, 9.17) is 0 Å². The van der Waals surface area contributed by atoms with Gasteiger partial charge in [-0.25, -0.2) is 8.78 Å². The minimum atomic E-state index is -2.94. The maximum absolute atomic E-state index is 13.6. The van der Waals surface area contributed by atoms with E-state index in [9.17, 15) is 18.4 Å². The van der Waals surface area contributed by atoms with Crippen LogP contribution in [0.1, 0.15) is 52.4 Å². The van der Waals surface area contributed by atoms with Crippen LogP contribution in [0.2, 0.25) is 0 Å². The summed E-state index contributed by atoms with van der Waals surface area (Å²) >= 11 is 0. The number of rotatable bonds is 10. The normalized spacial score (nSPS) is 13.7. The smallest absolute Gasteiger partial charge is 0.270 e. The van der Waals surface area contributed by atoms with Gasteiger partial charge < -0.3 is 10.6 Å². The lowest BCUT2D eigenvalue weighted by molar-refractivity contribution is -0.115. The number of carbonyl (C=O) groups excluding carboxylic acids is 2. The predicted molar refractivity (Wildman–Crippen MR) is 147 cm³/mol. The van der Waals surface area contributed by atoms with Crippen LogP contribution in [0.25, 0.3) is 11.6 Å². The fraction of sp³-hybridized carbons (Fsp3) is 0.188. The van der Waals surface area contributed by atoms with Crippen LogP contribution >= 0.6 is 0 Å². The molecule has 0 radical (unpaired) electrons. The Labute approximate surface area is 221 Å². The number of ketones is 1. The van der Waals surface area contributed by atoms with Gasteiger partial charge in [-0.05, 0) is 59.4 Å². The Morgan fingerprint density at radius 3 is 2.39 bits per heavy atom. The average molecular weight is 513 g/mol. The van der Waals surface area contributed by atoms with Crippen molar-refractivity contribution >= 4 is 23.3 Å². The summed E-state index contributed by atoms with van der Waals surface area (Å²) in [5.41, 5.74) is 4.06. The minimum absolute atomic E-state index is 0.0783. The van der Waals surface area contributed by atoms with Crippen molar-refractivity contribution in [1.29, 1.82) is 0 Å². The van der Waals surface area contributed by atoms with Crippen LogP contribution in [0.15, 0.2) is 103 Å². The van der Waals surface area contributed by atoms with Gasteiger partial charge in [-0.3, -0.25) is 9.59 Å². The Morgan fingerprint density at radius 1 is 0.947 bits per heavy atom. The average Bonchev–Trinajstić information content (AvgIpc) is 2.93. The highest BCUT2D eigenvalue weighted by Crippen LogP contribution is 2.27. The Kier molecular flexibility index (Phi) is 8.77. The molecule has 1 amide bonds. The molecule has 0 atom stereocenters. The molecule has 3 aromatic rings. The van der Waals surface area contributed by atoms with Crippen LogP contribution < -0.4 is 10.6 Å². The highest BCUT2D eigenvalue weighted by atomic mass is 19.3. The number of alkyl halides is 2. The first-order valence-corrected chi connectivity index (χ1v) is 12.6. The molecule has 0 unspecified atom stereocenters. The topological polar surface area (TPSA) is 58.2 Å². The summed E-state index contributed by atoms with van der Waals surface area (Å²) in [6, 6.07) is 22.6. The standard InChI is InChI=1S/C32H30F2N2O2/c1-32(33,34)28-14-8-11-24(19-28)21-35-22-30(37)29(20-23-9-4-2-5-10-23)36-31(38)27-17-15-26(16-18-27)25-12-6-3-7-13-25/h2,4-6,8-20,35H,3,7,21-22H2,1H3,(H,36,38)/b29-20+. The van der Waals surface area contributed by atoms with Crippen molar-refractivity contribution in [2.24, 2.45) is 0 Å². The maximum atomic E-state index is 13.6. The fourth-order valence-corrected chi connectivity index (χ4v) is 4.11. The van der Waals surface area contributed by atoms with Crippen LogP contribution in [0.3, 0.4) is 0 Å². The number of allylic oxidation sites excluding steroid dienone is 4. The molecule has 4 nitrogen and oxygen atoms in total. The summed E-state index contributed by atoms with van der Waals surface area (Å²) in [5.74, 6) is -3.66. The first-order valence-electron chi connectivity index (χ1n) is 12.6. The molecule has 0 fully saturated rings. The Morgan fingerprint density at radius 2 is 1.71 bits per heavy atom. The molecule has 6 heteroatoms. The number of Topliss-reactive ketones (excluding diaryl/α,β-unsaturated/α-hetero) is 1. The molecule has 2 N–H and O–H groups in total. The second-order valence-electron chi connectivity index (χ2n) is 9.25. The molecule has 0 saturated heterocycles. The summed E-state index contributed by atoms with van der Waals surface area (Å²) in [7, 11) is 0. The van der Waals surface area contributed by atoms with Crippen LogP contribution in [0.4, 0.5) is 8.78 Å². The van der Waals surface area contributed by atoms with E-state index < -0.39 is 11.8 Å². The number of carbonyl (C=O) groups is 2. The zero-order valence-electron chi connectivity index (χ0n) is 21.2. The van der Waals surface area contributed by atoms with Crippen molar-refractivity contribution in [3.63, 3.8) is 0 Å². The lowest BCUT2D eigenvalue weighted by Gasteiger charge is -2.13. The van der Waals surface area contributed by atoms with Gasteiger partial charge in [0.1, 0.15) is 0 Å². The maximum Gasteiger partial charge on any atom is 0.270 e. The van der Waals surface area contributed by atoms with E-state index in [0.717, 1.165) is 36.5 Å². The quantitative estimate of drug-likeness (QED) is 0.299. The molecule has 194 valence electrons. The third kappa shape index (κ3) is 7.43. The first kappa shape index (κ1) is 26.9. The third-order valence-corrected chi connectivity index (χ3v) is 6.18. The number of benzene rings is 3. The van der Waals surface area contributed by atoms with Gasteiger partial charge in [0.15, 0.2) is 5.78 Å². The first-order chi connectivity index (χ1) is 18.3.